The van der Waals surface area contributed by atoms with E-state index in [0.717, 1.165) is 36.1 Å². The van der Waals surface area contributed by atoms with Crippen molar-refractivity contribution in [3.05, 3.63) is 46.7 Å². The molecule has 0 bridgehead atoms. The van der Waals surface area contributed by atoms with Gasteiger partial charge in [0, 0.05) is 30.9 Å². The molecule has 1 fully saturated rings. The van der Waals surface area contributed by atoms with E-state index in [1.807, 2.05) is 23.0 Å². The van der Waals surface area contributed by atoms with Crippen LogP contribution in [0.1, 0.15) is 24.8 Å². The molecule has 0 aliphatic carbocycles. The summed E-state index contributed by atoms with van der Waals surface area (Å²) in [6, 6.07) is 8.38. The lowest BCUT2D eigenvalue weighted by atomic mass is 10.1. The van der Waals surface area contributed by atoms with E-state index in [1.165, 1.54) is 12.0 Å². The molecule has 0 radical (unpaired) electrons. The Morgan fingerprint density at radius 1 is 1.39 bits per heavy atom. The predicted octanol–water partition coefficient (Wildman–Crippen LogP) is 2.97. The SMILES string of the molecule is O=C(CC1CCCN1)Nc1ccc(CCn2cc(Br)cn2)cc1. The Morgan fingerprint density at radius 2 is 2.22 bits per heavy atom. The normalized spacial score (nSPS) is 17.3. The second-order valence-electron chi connectivity index (χ2n) is 5.91. The van der Waals surface area contributed by atoms with Crippen LogP contribution in [0.2, 0.25) is 0 Å². The Balaban J connectivity index is 1.47. The summed E-state index contributed by atoms with van der Waals surface area (Å²) in [6.45, 7) is 1.87. The maximum absolute atomic E-state index is 12.0. The van der Waals surface area contributed by atoms with Gasteiger partial charge in [-0.05, 0) is 59.4 Å². The van der Waals surface area contributed by atoms with Gasteiger partial charge in [0.1, 0.15) is 0 Å². The van der Waals surface area contributed by atoms with Gasteiger partial charge in [-0.15, -0.1) is 0 Å². The number of amides is 1. The summed E-state index contributed by atoms with van der Waals surface area (Å²) in [5, 5.41) is 10.6. The summed E-state index contributed by atoms with van der Waals surface area (Å²) in [4.78, 5) is 12.0. The fourth-order valence-electron chi connectivity index (χ4n) is 2.83. The Kier molecular flexibility index (Phi) is 5.46. The van der Waals surface area contributed by atoms with Gasteiger partial charge in [-0.3, -0.25) is 9.48 Å². The first-order chi connectivity index (χ1) is 11.2. The van der Waals surface area contributed by atoms with Crippen molar-refractivity contribution in [2.45, 2.75) is 38.3 Å². The van der Waals surface area contributed by atoms with Crippen molar-refractivity contribution < 1.29 is 4.79 Å². The van der Waals surface area contributed by atoms with Crippen LogP contribution < -0.4 is 10.6 Å². The number of carbonyl (C=O) groups is 1. The van der Waals surface area contributed by atoms with Crippen LogP contribution in [0.25, 0.3) is 0 Å². The lowest BCUT2D eigenvalue weighted by Gasteiger charge is -2.11. The van der Waals surface area contributed by atoms with Crippen molar-refractivity contribution in [1.29, 1.82) is 0 Å². The van der Waals surface area contributed by atoms with Crippen molar-refractivity contribution in [3.8, 4) is 0 Å². The van der Waals surface area contributed by atoms with Gasteiger partial charge in [-0.1, -0.05) is 12.1 Å². The molecule has 6 heteroatoms. The molecule has 1 unspecified atom stereocenters. The van der Waals surface area contributed by atoms with Crippen LogP contribution in [-0.4, -0.2) is 28.3 Å². The number of benzene rings is 1. The number of hydrogen-bond donors (Lipinski definition) is 2. The molecule has 1 aromatic heterocycles. The van der Waals surface area contributed by atoms with Crippen molar-refractivity contribution >= 4 is 27.5 Å². The molecule has 23 heavy (non-hydrogen) atoms. The second kappa shape index (κ2) is 7.75. The number of carbonyl (C=O) groups excluding carboxylic acids is 1. The molecular weight excluding hydrogens is 356 g/mol. The second-order valence-corrected chi connectivity index (χ2v) is 6.83. The minimum Gasteiger partial charge on any atom is -0.326 e. The summed E-state index contributed by atoms with van der Waals surface area (Å²) >= 11 is 3.39. The highest BCUT2D eigenvalue weighted by Gasteiger charge is 2.17. The zero-order valence-electron chi connectivity index (χ0n) is 13.0. The van der Waals surface area contributed by atoms with Gasteiger partial charge in [0.2, 0.25) is 5.91 Å². The number of halogens is 1. The summed E-state index contributed by atoms with van der Waals surface area (Å²) in [5.41, 5.74) is 2.09. The average molecular weight is 377 g/mol. The van der Waals surface area contributed by atoms with Crippen LogP contribution in [-0.2, 0) is 17.8 Å². The molecule has 2 N–H and O–H groups in total. The Morgan fingerprint density at radius 3 is 2.87 bits per heavy atom. The Labute approximate surface area is 144 Å². The summed E-state index contributed by atoms with van der Waals surface area (Å²) in [5.74, 6) is 0.0820. The molecule has 1 atom stereocenters. The number of rotatable bonds is 6. The molecular formula is C17H21BrN4O. The van der Waals surface area contributed by atoms with Crippen LogP contribution in [0.15, 0.2) is 41.1 Å². The van der Waals surface area contributed by atoms with Crippen molar-refractivity contribution in [1.82, 2.24) is 15.1 Å². The van der Waals surface area contributed by atoms with E-state index in [-0.39, 0.29) is 5.91 Å². The van der Waals surface area contributed by atoms with Gasteiger partial charge in [0.25, 0.3) is 0 Å². The van der Waals surface area contributed by atoms with E-state index in [9.17, 15) is 4.79 Å². The minimum absolute atomic E-state index is 0.0820. The quantitative estimate of drug-likeness (QED) is 0.814. The number of hydrogen-bond acceptors (Lipinski definition) is 3. The molecule has 0 spiro atoms. The van der Waals surface area contributed by atoms with Crippen LogP contribution in [0.4, 0.5) is 5.69 Å². The zero-order chi connectivity index (χ0) is 16.1. The molecule has 2 aromatic rings. The first-order valence-corrected chi connectivity index (χ1v) is 8.78. The predicted molar refractivity (Wildman–Crippen MR) is 94.3 cm³/mol. The molecule has 2 heterocycles. The van der Waals surface area contributed by atoms with E-state index in [2.05, 4.69) is 43.8 Å². The molecule has 5 nitrogen and oxygen atoms in total. The van der Waals surface area contributed by atoms with Gasteiger partial charge < -0.3 is 10.6 Å². The van der Waals surface area contributed by atoms with E-state index in [0.29, 0.717) is 12.5 Å². The highest BCUT2D eigenvalue weighted by molar-refractivity contribution is 9.10. The van der Waals surface area contributed by atoms with Gasteiger partial charge in [-0.2, -0.15) is 5.10 Å². The standard InChI is InChI=1S/C17H21BrN4O/c18-14-11-20-22(12-14)9-7-13-3-5-15(6-4-13)21-17(23)10-16-2-1-8-19-16/h3-6,11-12,16,19H,1-2,7-10H2,(H,21,23). The molecule has 1 amide bonds. The summed E-state index contributed by atoms with van der Waals surface area (Å²) in [6.07, 6.45) is 7.48. The monoisotopic (exact) mass is 376 g/mol. The van der Waals surface area contributed by atoms with Gasteiger partial charge in [-0.25, -0.2) is 0 Å². The number of nitrogens with one attached hydrogen (secondary N) is 2. The van der Waals surface area contributed by atoms with Crippen LogP contribution in [0.3, 0.4) is 0 Å². The molecule has 1 aromatic carbocycles. The zero-order valence-corrected chi connectivity index (χ0v) is 14.6. The Bertz CT molecular complexity index is 647. The average Bonchev–Trinajstić information content (AvgIpc) is 3.18. The highest BCUT2D eigenvalue weighted by Crippen LogP contribution is 2.14. The third kappa shape index (κ3) is 4.91. The van der Waals surface area contributed by atoms with E-state index < -0.39 is 0 Å². The number of anilines is 1. The van der Waals surface area contributed by atoms with Crippen molar-refractivity contribution in [2.75, 3.05) is 11.9 Å². The van der Waals surface area contributed by atoms with Gasteiger partial charge >= 0.3 is 0 Å². The van der Waals surface area contributed by atoms with Gasteiger partial charge in [0.05, 0.1) is 10.7 Å². The van der Waals surface area contributed by atoms with E-state index >= 15 is 0 Å². The van der Waals surface area contributed by atoms with Gasteiger partial charge in [0.15, 0.2) is 0 Å². The minimum atomic E-state index is 0.0820. The number of aromatic nitrogens is 2. The molecule has 122 valence electrons. The molecule has 1 aliphatic rings. The largest absolute Gasteiger partial charge is 0.326 e. The lowest BCUT2D eigenvalue weighted by Crippen LogP contribution is -2.27. The van der Waals surface area contributed by atoms with Crippen molar-refractivity contribution in [2.24, 2.45) is 0 Å². The fraction of sp³-hybridized carbons (Fsp3) is 0.412. The fourth-order valence-corrected chi connectivity index (χ4v) is 3.15. The molecule has 1 aliphatic heterocycles. The Hall–Kier alpha value is -1.66. The highest BCUT2D eigenvalue weighted by atomic mass is 79.9. The third-order valence-corrected chi connectivity index (χ3v) is 4.47. The molecule has 3 rings (SSSR count). The third-order valence-electron chi connectivity index (χ3n) is 4.06. The topological polar surface area (TPSA) is 59.0 Å². The van der Waals surface area contributed by atoms with E-state index in [1.54, 1.807) is 6.20 Å². The van der Waals surface area contributed by atoms with Crippen LogP contribution in [0, 0.1) is 0 Å². The maximum Gasteiger partial charge on any atom is 0.225 e. The number of nitrogens with zero attached hydrogens (tertiary/aromatic N) is 2. The van der Waals surface area contributed by atoms with Crippen molar-refractivity contribution in [3.63, 3.8) is 0 Å². The van der Waals surface area contributed by atoms with Crippen LogP contribution in [0.5, 0.6) is 0 Å². The molecule has 0 saturated carbocycles. The number of aryl methyl sites for hydroxylation is 2. The van der Waals surface area contributed by atoms with E-state index in [4.69, 9.17) is 0 Å². The smallest absolute Gasteiger partial charge is 0.225 e. The summed E-state index contributed by atoms with van der Waals surface area (Å²) < 4.78 is 2.90. The molecule has 1 saturated heterocycles. The summed E-state index contributed by atoms with van der Waals surface area (Å²) in [7, 11) is 0. The lowest BCUT2D eigenvalue weighted by molar-refractivity contribution is -0.116. The van der Waals surface area contributed by atoms with Crippen LogP contribution >= 0.6 is 15.9 Å². The first-order valence-electron chi connectivity index (χ1n) is 7.99. The maximum atomic E-state index is 12.0. The first kappa shape index (κ1) is 16.2.